The van der Waals surface area contributed by atoms with Crippen molar-refractivity contribution in [1.29, 1.82) is 0 Å². The average molecular weight is 457 g/mol. The van der Waals surface area contributed by atoms with Gasteiger partial charge in [0.25, 0.3) is 0 Å². The molecule has 0 saturated carbocycles. The molecule has 9 heteroatoms. The summed E-state index contributed by atoms with van der Waals surface area (Å²) < 4.78 is 12.4. The zero-order chi connectivity index (χ0) is 23.3. The van der Waals surface area contributed by atoms with Gasteiger partial charge in [0.1, 0.15) is 11.5 Å². The first-order chi connectivity index (χ1) is 15.2. The third-order valence-corrected chi connectivity index (χ3v) is 4.83. The first-order valence-electron chi connectivity index (χ1n) is 9.83. The van der Waals surface area contributed by atoms with Crippen LogP contribution < -0.4 is 15.2 Å². The summed E-state index contributed by atoms with van der Waals surface area (Å²) in [6, 6.07) is 14.2. The Bertz CT molecular complexity index is 1120. The molecule has 0 radical (unpaired) electrons. The second-order valence-electron chi connectivity index (χ2n) is 7.99. The molecule has 8 nitrogen and oxygen atoms in total. The smallest absolute Gasteiger partial charge is 0.385 e. The minimum absolute atomic E-state index is 0.0563. The van der Waals surface area contributed by atoms with Gasteiger partial charge in [-0.15, -0.1) is 0 Å². The van der Waals surface area contributed by atoms with Crippen molar-refractivity contribution in [3.05, 3.63) is 76.6 Å². The van der Waals surface area contributed by atoms with Crippen molar-refractivity contribution < 1.29 is 19.1 Å². The number of hydrogen-bond acceptors (Lipinski definition) is 6. The number of carbonyl (C=O) groups excluding carboxylic acids is 1. The number of methoxy groups -OCH3 is 1. The lowest BCUT2D eigenvalue weighted by atomic mass is 9.87. The maximum atomic E-state index is 12.3. The van der Waals surface area contributed by atoms with Crippen LogP contribution in [-0.4, -0.2) is 28.7 Å². The molecule has 3 rings (SSSR count). The van der Waals surface area contributed by atoms with Gasteiger partial charge in [0, 0.05) is 11.2 Å². The fraction of sp³-hybridized carbons (Fsp3) is 0.261. The van der Waals surface area contributed by atoms with Crippen molar-refractivity contribution in [2.24, 2.45) is 10.9 Å². The van der Waals surface area contributed by atoms with Crippen LogP contribution in [0.2, 0.25) is 5.02 Å². The van der Waals surface area contributed by atoms with Crippen LogP contribution in [0, 0.1) is 0 Å². The van der Waals surface area contributed by atoms with Gasteiger partial charge in [-0.25, -0.2) is 9.48 Å². The Kier molecular flexibility index (Phi) is 7.05. The first-order valence-corrected chi connectivity index (χ1v) is 10.2. The molecule has 1 aromatic heterocycles. The topological polar surface area (TPSA) is 101 Å². The van der Waals surface area contributed by atoms with E-state index in [1.807, 2.05) is 24.3 Å². The highest BCUT2D eigenvalue weighted by atomic mass is 35.5. The number of aromatic nitrogens is 2. The number of halogens is 1. The van der Waals surface area contributed by atoms with E-state index in [0.717, 1.165) is 0 Å². The Hall–Kier alpha value is -3.52. The number of benzene rings is 2. The van der Waals surface area contributed by atoms with Gasteiger partial charge < -0.3 is 20.0 Å². The molecule has 0 fully saturated rings. The summed E-state index contributed by atoms with van der Waals surface area (Å²) in [6.07, 6.45) is 1.60. The Morgan fingerprint density at radius 2 is 1.88 bits per heavy atom. The maximum absolute atomic E-state index is 12.3. The van der Waals surface area contributed by atoms with Crippen LogP contribution in [0.5, 0.6) is 11.5 Å². The van der Waals surface area contributed by atoms with E-state index in [0.29, 0.717) is 22.1 Å². The summed E-state index contributed by atoms with van der Waals surface area (Å²) >= 11 is 5.98. The molecule has 1 heterocycles. The maximum Gasteiger partial charge on any atom is 0.385 e. The summed E-state index contributed by atoms with van der Waals surface area (Å²) in [6.45, 7) is 6.58. The van der Waals surface area contributed by atoms with Crippen molar-refractivity contribution in [1.82, 2.24) is 9.78 Å². The van der Waals surface area contributed by atoms with Gasteiger partial charge in [-0.05, 0) is 47.4 Å². The normalized spacial score (nSPS) is 11.8. The van der Waals surface area contributed by atoms with E-state index in [9.17, 15) is 4.79 Å². The summed E-state index contributed by atoms with van der Waals surface area (Å²) in [5.41, 5.74) is 7.66. The van der Waals surface area contributed by atoms with Crippen LogP contribution in [0.3, 0.4) is 0 Å². The van der Waals surface area contributed by atoms with Gasteiger partial charge in [-0.2, -0.15) is 5.10 Å². The molecule has 32 heavy (non-hydrogen) atoms. The molecule has 0 spiro atoms. The molecule has 168 valence electrons. The number of nitrogens with zero attached hydrogens (tertiary/aromatic N) is 3. The van der Waals surface area contributed by atoms with Crippen LogP contribution in [0.15, 0.2) is 59.9 Å². The van der Waals surface area contributed by atoms with Crippen LogP contribution >= 0.6 is 11.6 Å². The predicted octanol–water partition coefficient (Wildman–Crippen LogP) is 4.36. The minimum atomic E-state index is -0.762. The van der Waals surface area contributed by atoms with E-state index in [1.165, 1.54) is 23.4 Å². The quantitative estimate of drug-likeness (QED) is 0.245. The standard InChI is InChI=1S/C23H25ClN4O4/c1-23(2,3)15-5-8-17(9-6-15)31-14-28-12-11-19(26-28)22(29)32-27-21(25)18-13-16(24)7-10-20(18)30-4/h5-13H,14H2,1-4H3,(H2,25,27). The Morgan fingerprint density at radius 1 is 1.16 bits per heavy atom. The van der Waals surface area contributed by atoms with Crippen molar-refractivity contribution in [2.45, 2.75) is 32.9 Å². The fourth-order valence-corrected chi connectivity index (χ4v) is 2.97. The van der Waals surface area contributed by atoms with Crippen LogP contribution in [0.1, 0.15) is 42.4 Å². The largest absolute Gasteiger partial charge is 0.496 e. The Labute approximate surface area is 191 Å². The summed E-state index contributed by atoms with van der Waals surface area (Å²) in [5, 5.41) is 8.26. The number of rotatable bonds is 7. The molecule has 0 aliphatic carbocycles. The molecule has 0 aliphatic heterocycles. The highest BCUT2D eigenvalue weighted by Gasteiger charge is 2.15. The molecular formula is C23H25ClN4O4. The zero-order valence-corrected chi connectivity index (χ0v) is 19.1. The number of ether oxygens (including phenoxy) is 2. The molecule has 0 saturated heterocycles. The first kappa shape index (κ1) is 23.1. The molecule has 0 amide bonds. The molecule has 3 aromatic rings. The SMILES string of the molecule is COc1ccc(Cl)cc1/C(N)=N/OC(=O)c1ccn(COc2ccc(C(C)(C)C)cc2)n1. The number of amidine groups is 1. The van der Waals surface area contributed by atoms with Gasteiger partial charge >= 0.3 is 5.97 Å². The monoisotopic (exact) mass is 456 g/mol. The zero-order valence-electron chi connectivity index (χ0n) is 18.3. The van der Waals surface area contributed by atoms with E-state index in [4.69, 9.17) is 31.6 Å². The summed E-state index contributed by atoms with van der Waals surface area (Å²) in [7, 11) is 1.49. The number of hydrogen-bond donors (Lipinski definition) is 1. The van der Waals surface area contributed by atoms with Crippen LogP contribution in [0.4, 0.5) is 0 Å². The minimum Gasteiger partial charge on any atom is -0.496 e. The van der Waals surface area contributed by atoms with E-state index < -0.39 is 5.97 Å². The average Bonchev–Trinajstić information content (AvgIpc) is 3.24. The van der Waals surface area contributed by atoms with E-state index in [1.54, 1.807) is 24.4 Å². The summed E-state index contributed by atoms with van der Waals surface area (Å²) in [4.78, 5) is 17.2. The number of oxime groups is 1. The molecule has 0 bridgehead atoms. The van der Waals surface area contributed by atoms with Gasteiger partial charge in [-0.1, -0.05) is 49.7 Å². The molecule has 0 atom stereocenters. The van der Waals surface area contributed by atoms with Crippen molar-refractivity contribution in [3.8, 4) is 11.5 Å². The lowest BCUT2D eigenvalue weighted by Crippen LogP contribution is -2.16. The van der Waals surface area contributed by atoms with Gasteiger partial charge in [-0.3, -0.25) is 0 Å². The third-order valence-electron chi connectivity index (χ3n) is 4.60. The lowest BCUT2D eigenvalue weighted by Gasteiger charge is -2.19. The second kappa shape index (κ2) is 9.74. The van der Waals surface area contributed by atoms with E-state index in [2.05, 4.69) is 31.0 Å². The fourth-order valence-electron chi connectivity index (χ4n) is 2.80. The molecule has 0 aliphatic rings. The third kappa shape index (κ3) is 5.79. The second-order valence-corrected chi connectivity index (χ2v) is 8.42. The summed E-state index contributed by atoms with van der Waals surface area (Å²) in [5.74, 6) is 0.329. The van der Waals surface area contributed by atoms with E-state index in [-0.39, 0.29) is 23.7 Å². The Morgan fingerprint density at radius 3 is 2.53 bits per heavy atom. The molecule has 0 unspecified atom stereocenters. The lowest BCUT2D eigenvalue weighted by molar-refractivity contribution is 0.0507. The van der Waals surface area contributed by atoms with Gasteiger partial charge in [0.2, 0.25) is 0 Å². The van der Waals surface area contributed by atoms with E-state index >= 15 is 0 Å². The predicted molar refractivity (Wildman–Crippen MR) is 122 cm³/mol. The van der Waals surface area contributed by atoms with Crippen LogP contribution in [0.25, 0.3) is 0 Å². The number of nitrogens with two attached hydrogens (primary N) is 1. The van der Waals surface area contributed by atoms with Gasteiger partial charge in [0.15, 0.2) is 18.3 Å². The molecular weight excluding hydrogens is 432 g/mol. The highest BCUT2D eigenvalue weighted by molar-refractivity contribution is 6.31. The Balaban J connectivity index is 1.60. The van der Waals surface area contributed by atoms with Crippen molar-refractivity contribution in [3.63, 3.8) is 0 Å². The highest BCUT2D eigenvalue weighted by Crippen LogP contribution is 2.24. The van der Waals surface area contributed by atoms with Crippen molar-refractivity contribution in [2.75, 3.05) is 7.11 Å². The van der Waals surface area contributed by atoms with Crippen LogP contribution in [-0.2, 0) is 17.0 Å². The molecule has 2 aromatic carbocycles. The van der Waals surface area contributed by atoms with Gasteiger partial charge in [0.05, 0.1) is 12.7 Å². The molecule has 2 N–H and O–H groups in total. The number of carbonyl (C=O) groups is 1. The van der Waals surface area contributed by atoms with Crippen molar-refractivity contribution >= 4 is 23.4 Å².